The SMILES string of the molecule is C=CCN1CCC(NC(=NCC)NC2CC2c2ccccc2OC(F)(F)F)CC1. The summed E-state index contributed by atoms with van der Waals surface area (Å²) in [7, 11) is 0. The van der Waals surface area contributed by atoms with Gasteiger partial charge in [-0.3, -0.25) is 9.89 Å². The number of ether oxygens (including phenoxy) is 1. The number of likely N-dealkylation sites (tertiary alicyclic amines) is 1. The van der Waals surface area contributed by atoms with Crippen LogP contribution in [0.15, 0.2) is 41.9 Å². The first-order valence-corrected chi connectivity index (χ1v) is 10.1. The Hall–Kier alpha value is -2.22. The van der Waals surface area contributed by atoms with Gasteiger partial charge >= 0.3 is 6.36 Å². The molecular weight excluding hydrogens is 381 g/mol. The molecule has 0 aromatic heterocycles. The third-order valence-electron chi connectivity index (χ3n) is 5.29. The van der Waals surface area contributed by atoms with E-state index < -0.39 is 6.36 Å². The molecule has 160 valence electrons. The van der Waals surface area contributed by atoms with Crippen molar-refractivity contribution in [1.82, 2.24) is 15.5 Å². The highest BCUT2D eigenvalue weighted by Gasteiger charge is 2.42. The first-order valence-electron chi connectivity index (χ1n) is 10.1. The van der Waals surface area contributed by atoms with Crippen molar-refractivity contribution in [3.8, 4) is 5.75 Å². The average molecular weight is 410 g/mol. The molecule has 0 radical (unpaired) electrons. The van der Waals surface area contributed by atoms with Gasteiger partial charge in [-0.1, -0.05) is 24.3 Å². The van der Waals surface area contributed by atoms with E-state index in [1.807, 2.05) is 13.0 Å². The third-order valence-corrected chi connectivity index (χ3v) is 5.29. The Morgan fingerprint density at radius 3 is 2.66 bits per heavy atom. The number of nitrogens with zero attached hydrogens (tertiary/aromatic N) is 2. The van der Waals surface area contributed by atoms with E-state index in [-0.39, 0.29) is 17.7 Å². The van der Waals surface area contributed by atoms with E-state index in [0.717, 1.165) is 44.9 Å². The number of hydrogen-bond acceptors (Lipinski definition) is 3. The van der Waals surface area contributed by atoms with Gasteiger partial charge in [-0.25, -0.2) is 0 Å². The lowest BCUT2D eigenvalue weighted by Gasteiger charge is -2.32. The fraction of sp³-hybridized carbons (Fsp3) is 0.571. The number of para-hydroxylation sites is 1. The lowest BCUT2D eigenvalue weighted by molar-refractivity contribution is -0.274. The zero-order chi connectivity index (χ0) is 20.9. The monoisotopic (exact) mass is 410 g/mol. The molecule has 0 amide bonds. The van der Waals surface area contributed by atoms with Gasteiger partial charge in [0.25, 0.3) is 0 Å². The van der Waals surface area contributed by atoms with Crippen LogP contribution < -0.4 is 15.4 Å². The average Bonchev–Trinajstić information content (AvgIpc) is 3.42. The molecule has 1 aliphatic carbocycles. The summed E-state index contributed by atoms with van der Waals surface area (Å²) in [6.07, 6.45) is 0.0290. The highest BCUT2D eigenvalue weighted by molar-refractivity contribution is 5.81. The number of rotatable bonds is 7. The van der Waals surface area contributed by atoms with E-state index >= 15 is 0 Å². The van der Waals surface area contributed by atoms with Gasteiger partial charge in [-0.15, -0.1) is 19.8 Å². The normalized spacial score (nSPS) is 23.5. The minimum atomic E-state index is -4.69. The molecule has 0 spiro atoms. The number of piperidine rings is 1. The molecule has 5 nitrogen and oxygen atoms in total. The Balaban J connectivity index is 1.56. The molecule has 1 aromatic rings. The largest absolute Gasteiger partial charge is 0.573 e. The Bertz CT molecular complexity index is 714. The van der Waals surface area contributed by atoms with Crippen LogP contribution in [0.1, 0.15) is 37.7 Å². The molecule has 0 bridgehead atoms. The van der Waals surface area contributed by atoms with Crippen molar-refractivity contribution in [2.75, 3.05) is 26.2 Å². The van der Waals surface area contributed by atoms with Gasteiger partial charge in [-0.05, 0) is 37.8 Å². The number of halogens is 3. The number of guanidine groups is 1. The third kappa shape index (κ3) is 6.39. The van der Waals surface area contributed by atoms with Crippen molar-refractivity contribution in [3.05, 3.63) is 42.5 Å². The molecule has 2 fully saturated rings. The summed E-state index contributed by atoms with van der Waals surface area (Å²) >= 11 is 0. The van der Waals surface area contributed by atoms with Gasteiger partial charge in [0.2, 0.25) is 0 Å². The maximum Gasteiger partial charge on any atom is 0.573 e. The van der Waals surface area contributed by atoms with E-state index in [4.69, 9.17) is 0 Å². The van der Waals surface area contributed by atoms with Gasteiger partial charge in [0.05, 0.1) is 0 Å². The lowest BCUT2D eigenvalue weighted by atomic mass is 10.1. The minimum Gasteiger partial charge on any atom is -0.405 e. The second-order valence-electron chi connectivity index (χ2n) is 7.51. The van der Waals surface area contributed by atoms with E-state index in [1.54, 1.807) is 18.2 Å². The van der Waals surface area contributed by atoms with E-state index in [0.29, 0.717) is 18.2 Å². The zero-order valence-corrected chi connectivity index (χ0v) is 16.7. The predicted octanol–water partition coefficient (Wildman–Crippen LogP) is 3.65. The highest BCUT2D eigenvalue weighted by atomic mass is 19.4. The number of alkyl halides is 3. The van der Waals surface area contributed by atoms with Crippen molar-refractivity contribution in [2.45, 2.75) is 50.6 Å². The van der Waals surface area contributed by atoms with Crippen LogP contribution in [0.5, 0.6) is 5.75 Å². The van der Waals surface area contributed by atoms with Crippen LogP contribution in [0.2, 0.25) is 0 Å². The predicted molar refractivity (Wildman–Crippen MR) is 108 cm³/mol. The van der Waals surface area contributed by atoms with Crippen molar-refractivity contribution in [3.63, 3.8) is 0 Å². The van der Waals surface area contributed by atoms with Crippen LogP contribution in [0.4, 0.5) is 13.2 Å². The molecule has 3 rings (SSSR count). The molecule has 29 heavy (non-hydrogen) atoms. The van der Waals surface area contributed by atoms with Crippen molar-refractivity contribution in [2.24, 2.45) is 4.99 Å². The summed E-state index contributed by atoms with van der Waals surface area (Å²) in [5.41, 5.74) is 0.580. The molecule has 2 atom stereocenters. The molecule has 8 heteroatoms. The second-order valence-corrected chi connectivity index (χ2v) is 7.51. The Morgan fingerprint density at radius 2 is 2.00 bits per heavy atom. The fourth-order valence-electron chi connectivity index (χ4n) is 3.81. The van der Waals surface area contributed by atoms with Gasteiger partial charge in [-0.2, -0.15) is 0 Å². The molecule has 1 aromatic carbocycles. The Kier molecular flexibility index (Phi) is 7.05. The van der Waals surface area contributed by atoms with E-state index in [2.05, 4.69) is 31.8 Å². The maximum atomic E-state index is 12.7. The van der Waals surface area contributed by atoms with E-state index in [1.165, 1.54) is 6.07 Å². The molecule has 2 unspecified atom stereocenters. The molecule has 1 aliphatic heterocycles. The Morgan fingerprint density at radius 1 is 1.28 bits per heavy atom. The van der Waals surface area contributed by atoms with Gasteiger partial charge in [0.15, 0.2) is 5.96 Å². The summed E-state index contributed by atoms with van der Waals surface area (Å²) in [5.74, 6) is 0.592. The summed E-state index contributed by atoms with van der Waals surface area (Å²) in [4.78, 5) is 6.88. The van der Waals surface area contributed by atoms with Gasteiger partial charge in [0, 0.05) is 44.2 Å². The van der Waals surface area contributed by atoms with Crippen LogP contribution in [-0.4, -0.2) is 55.5 Å². The zero-order valence-electron chi connectivity index (χ0n) is 16.7. The molecule has 1 heterocycles. The Labute approximate surface area is 170 Å². The van der Waals surface area contributed by atoms with Crippen LogP contribution in [0.25, 0.3) is 0 Å². The highest BCUT2D eigenvalue weighted by Crippen LogP contribution is 2.45. The molecule has 1 saturated carbocycles. The van der Waals surface area contributed by atoms with Crippen LogP contribution in [0, 0.1) is 0 Å². The lowest BCUT2D eigenvalue weighted by Crippen LogP contribution is -2.49. The standard InChI is InChI=1S/C21H29F3N4O/c1-3-11-28-12-9-15(10-13-28)26-20(25-4-2)27-18-14-17(18)16-7-5-6-8-19(16)29-21(22,23)24/h3,5-8,15,17-18H,1,4,9-14H2,2H3,(H2,25,26,27). The molecule has 1 saturated heterocycles. The summed E-state index contributed by atoms with van der Waals surface area (Å²) < 4.78 is 42.2. The van der Waals surface area contributed by atoms with E-state index in [9.17, 15) is 13.2 Å². The quantitative estimate of drug-likeness (QED) is 0.409. The van der Waals surface area contributed by atoms with Crippen molar-refractivity contribution in [1.29, 1.82) is 0 Å². The fourth-order valence-corrected chi connectivity index (χ4v) is 3.81. The number of aliphatic imine (C=N–C) groups is 1. The van der Waals surface area contributed by atoms with Crippen molar-refractivity contribution < 1.29 is 17.9 Å². The first kappa shape index (κ1) is 21.5. The van der Waals surface area contributed by atoms with Crippen LogP contribution in [0.3, 0.4) is 0 Å². The number of nitrogens with one attached hydrogen (secondary N) is 2. The van der Waals surface area contributed by atoms with Gasteiger partial charge < -0.3 is 15.4 Å². The van der Waals surface area contributed by atoms with Crippen molar-refractivity contribution >= 4 is 5.96 Å². The molecule has 2 N–H and O–H groups in total. The smallest absolute Gasteiger partial charge is 0.405 e. The number of benzene rings is 1. The first-order chi connectivity index (χ1) is 13.9. The number of hydrogen-bond donors (Lipinski definition) is 2. The van der Waals surface area contributed by atoms with Gasteiger partial charge in [0.1, 0.15) is 5.75 Å². The summed E-state index contributed by atoms with van der Waals surface area (Å²) in [6.45, 7) is 9.32. The molecular formula is C21H29F3N4O. The van der Waals surface area contributed by atoms with Crippen LogP contribution >= 0.6 is 0 Å². The van der Waals surface area contributed by atoms with Crippen LogP contribution in [-0.2, 0) is 0 Å². The summed E-state index contributed by atoms with van der Waals surface area (Å²) in [6, 6.07) is 6.75. The molecule has 2 aliphatic rings. The summed E-state index contributed by atoms with van der Waals surface area (Å²) in [5, 5.41) is 6.88. The maximum absolute atomic E-state index is 12.7. The minimum absolute atomic E-state index is 0.0214. The second kappa shape index (κ2) is 9.52. The topological polar surface area (TPSA) is 48.9 Å².